The summed E-state index contributed by atoms with van der Waals surface area (Å²) in [6, 6.07) is 0. The van der Waals surface area contributed by atoms with E-state index in [0.717, 1.165) is 12.8 Å². The zero-order valence-corrected chi connectivity index (χ0v) is 17.4. The van der Waals surface area contributed by atoms with E-state index in [-0.39, 0.29) is 0 Å². The quantitative estimate of drug-likeness (QED) is 0.142. The van der Waals surface area contributed by atoms with E-state index in [1.165, 1.54) is 109 Å². The minimum Gasteiger partial charge on any atom is -0.161 e. The molecule has 0 spiro atoms. The van der Waals surface area contributed by atoms with Crippen LogP contribution >= 0.6 is 8.03 Å². The Morgan fingerprint density at radius 3 is 1.36 bits per heavy atom. The molecule has 0 bridgehead atoms. The van der Waals surface area contributed by atoms with Crippen molar-refractivity contribution in [2.75, 3.05) is 6.16 Å². The number of unbranched alkanes of at least 4 members (excludes halogenated alkanes) is 15. The largest absolute Gasteiger partial charge is 0.505 e. The van der Waals surface area contributed by atoms with Gasteiger partial charge in [-0.25, -0.2) is 0 Å². The first-order valence-corrected chi connectivity index (χ1v) is 12.5. The van der Waals surface area contributed by atoms with Crippen LogP contribution in [0, 0.1) is 0 Å². The first-order chi connectivity index (χ1) is 12.3. The fourth-order valence-electron chi connectivity index (χ4n) is 3.65. The maximum Gasteiger partial charge on any atom is 0.505 e. The van der Waals surface area contributed by atoms with Crippen molar-refractivity contribution >= 4 is 8.03 Å². The molecule has 1 unspecified atom stereocenters. The van der Waals surface area contributed by atoms with Crippen LogP contribution in [0.15, 0.2) is 11.6 Å². The van der Waals surface area contributed by atoms with Crippen LogP contribution in [-0.4, -0.2) is 11.1 Å². The molecule has 0 saturated carbocycles. The van der Waals surface area contributed by atoms with E-state index in [9.17, 15) is 4.57 Å². The lowest BCUT2D eigenvalue weighted by Crippen LogP contribution is -1.93. The van der Waals surface area contributed by atoms with Crippen molar-refractivity contribution in [1.29, 1.82) is 0 Å². The molecule has 0 radical (unpaired) electrons. The van der Waals surface area contributed by atoms with Gasteiger partial charge in [0.2, 0.25) is 0 Å². The van der Waals surface area contributed by atoms with Gasteiger partial charge in [-0.3, -0.25) is 0 Å². The summed E-state index contributed by atoms with van der Waals surface area (Å²) in [7, 11) is -1.90. The van der Waals surface area contributed by atoms with Gasteiger partial charge in [0.25, 0.3) is 0 Å². The van der Waals surface area contributed by atoms with E-state index < -0.39 is 8.03 Å². The minimum atomic E-state index is -1.90. The summed E-state index contributed by atoms with van der Waals surface area (Å²) in [6.07, 6.45) is 28.7. The normalized spacial score (nSPS) is 14.3. The third kappa shape index (κ3) is 15.7. The molecule has 0 amide bonds. The summed E-state index contributed by atoms with van der Waals surface area (Å²) in [5.41, 5.74) is 1.72. The Hall–Kier alpha value is -0.200. The van der Waals surface area contributed by atoms with Gasteiger partial charge in [-0.05, 0) is 43.1 Å². The van der Waals surface area contributed by atoms with E-state index in [4.69, 9.17) is 4.89 Å². The first kappa shape index (κ1) is 22.8. The zero-order chi connectivity index (χ0) is 18.0. The van der Waals surface area contributed by atoms with Crippen molar-refractivity contribution in [1.82, 2.24) is 0 Å². The van der Waals surface area contributed by atoms with Gasteiger partial charge in [0.1, 0.15) is 0 Å². The first-order valence-electron chi connectivity index (χ1n) is 11.1. The molecule has 0 heterocycles. The second kappa shape index (κ2) is 17.2. The van der Waals surface area contributed by atoms with Crippen molar-refractivity contribution < 1.29 is 9.46 Å². The molecule has 0 aromatic carbocycles. The summed E-state index contributed by atoms with van der Waals surface area (Å²) < 4.78 is 10.5. The van der Waals surface area contributed by atoms with Crippen molar-refractivity contribution in [3.63, 3.8) is 0 Å². The summed E-state index contributed by atoms with van der Waals surface area (Å²) in [5, 5.41) is 0. The summed E-state index contributed by atoms with van der Waals surface area (Å²) in [5.74, 6) is 0. The van der Waals surface area contributed by atoms with E-state index in [2.05, 4.69) is 6.08 Å². The van der Waals surface area contributed by atoms with Crippen LogP contribution in [0.2, 0.25) is 0 Å². The third-order valence-electron chi connectivity index (χ3n) is 5.50. The van der Waals surface area contributed by atoms with Crippen LogP contribution in [0.5, 0.6) is 0 Å². The van der Waals surface area contributed by atoms with Crippen LogP contribution in [0.1, 0.15) is 122 Å². The highest BCUT2D eigenvalue weighted by molar-refractivity contribution is 7.37. The molecule has 0 saturated heterocycles. The van der Waals surface area contributed by atoms with Gasteiger partial charge >= 0.3 is 8.03 Å². The van der Waals surface area contributed by atoms with E-state index in [1.807, 2.05) is 0 Å². The Balaban J connectivity index is 1.63. The molecule has 146 valence electrons. The standard InChI is InChI=1S/C22H41O2P/c23-25(24)21-16-14-12-10-8-6-4-2-1-3-5-7-9-11-13-15-18-22-19-17-20-22/h19H,1-18,20-21H2/p+1. The topological polar surface area (TPSA) is 37.3 Å². The Bertz CT molecular complexity index is 352. The van der Waals surface area contributed by atoms with Crippen LogP contribution < -0.4 is 0 Å². The Kier molecular flexibility index (Phi) is 15.7. The number of rotatable bonds is 19. The second-order valence-electron chi connectivity index (χ2n) is 7.88. The average Bonchev–Trinajstić information content (AvgIpc) is 2.55. The van der Waals surface area contributed by atoms with Gasteiger partial charge in [0.05, 0.1) is 0 Å². The molecule has 1 N–H and O–H groups in total. The minimum absolute atomic E-state index is 0.494. The molecular formula is C22H42O2P+. The smallest absolute Gasteiger partial charge is 0.161 e. The van der Waals surface area contributed by atoms with Crippen LogP contribution in [0.4, 0.5) is 0 Å². The lowest BCUT2D eigenvalue weighted by molar-refractivity contribution is 0.497. The van der Waals surface area contributed by atoms with Crippen LogP contribution in [0.3, 0.4) is 0 Å². The van der Waals surface area contributed by atoms with E-state index in [0.29, 0.717) is 6.16 Å². The fraction of sp³-hybridized carbons (Fsp3) is 0.909. The van der Waals surface area contributed by atoms with Gasteiger partial charge in [-0.2, -0.15) is 4.89 Å². The monoisotopic (exact) mass is 369 g/mol. The van der Waals surface area contributed by atoms with E-state index >= 15 is 0 Å². The molecule has 2 nitrogen and oxygen atoms in total. The highest BCUT2D eigenvalue weighted by Crippen LogP contribution is 2.24. The molecule has 3 heteroatoms. The van der Waals surface area contributed by atoms with Gasteiger partial charge in [-0.1, -0.05) is 95.1 Å². The number of hydrogen-bond acceptors (Lipinski definition) is 1. The van der Waals surface area contributed by atoms with Crippen LogP contribution in [0.25, 0.3) is 0 Å². The SMILES string of the molecule is O=[P+](O)CCCCCCCCCCCCCCCCCCC1=CCC1. The third-order valence-corrected chi connectivity index (χ3v) is 6.19. The lowest BCUT2D eigenvalue weighted by atomic mass is 9.93. The summed E-state index contributed by atoms with van der Waals surface area (Å²) in [6.45, 7) is 0. The second-order valence-corrected chi connectivity index (χ2v) is 9.04. The van der Waals surface area contributed by atoms with Crippen molar-refractivity contribution in [3.8, 4) is 0 Å². The number of allylic oxidation sites excluding steroid dienone is 2. The molecular weight excluding hydrogens is 327 g/mol. The maximum atomic E-state index is 10.5. The molecule has 1 atom stereocenters. The summed E-state index contributed by atoms with van der Waals surface area (Å²) >= 11 is 0. The molecule has 0 aromatic heterocycles. The van der Waals surface area contributed by atoms with Crippen molar-refractivity contribution in [2.24, 2.45) is 0 Å². The molecule has 0 fully saturated rings. The van der Waals surface area contributed by atoms with Gasteiger partial charge in [0.15, 0.2) is 6.16 Å². The lowest BCUT2D eigenvalue weighted by Gasteiger charge is -2.13. The van der Waals surface area contributed by atoms with E-state index in [1.54, 1.807) is 5.57 Å². The van der Waals surface area contributed by atoms with Gasteiger partial charge < -0.3 is 0 Å². The Morgan fingerprint density at radius 2 is 1.04 bits per heavy atom. The average molecular weight is 370 g/mol. The molecule has 0 aliphatic heterocycles. The van der Waals surface area contributed by atoms with Crippen LogP contribution in [-0.2, 0) is 4.57 Å². The predicted octanol–water partition coefficient (Wildman–Crippen LogP) is 8.07. The molecule has 1 aliphatic rings. The highest BCUT2D eigenvalue weighted by atomic mass is 31.1. The Morgan fingerprint density at radius 1 is 0.680 bits per heavy atom. The molecule has 1 rings (SSSR count). The molecule has 1 aliphatic carbocycles. The zero-order valence-electron chi connectivity index (χ0n) is 16.5. The summed E-state index contributed by atoms with van der Waals surface area (Å²) in [4.78, 5) is 8.71. The number of hydrogen-bond donors (Lipinski definition) is 1. The highest BCUT2D eigenvalue weighted by Gasteiger charge is 2.07. The van der Waals surface area contributed by atoms with Crippen molar-refractivity contribution in [2.45, 2.75) is 122 Å². The molecule has 0 aromatic rings. The maximum absolute atomic E-state index is 10.5. The van der Waals surface area contributed by atoms with Crippen molar-refractivity contribution in [3.05, 3.63) is 11.6 Å². The van der Waals surface area contributed by atoms with Gasteiger partial charge in [0, 0.05) is 0 Å². The van der Waals surface area contributed by atoms with Gasteiger partial charge in [-0.15, -0.1) is 0 Å². The predicted molar refractivity (Wildman–Crippen MR) is 110 cm³/mol. The fourth-order valence-corrected chi connectivity index (χ4v) is 4.14. The molecule has 25 heavy (non-hydrogen) atoms. The Labute approximate surface area is 157 Å².